The summed E-state index contributed by atoms with van der Waals surface area (Å²) in [5.74, 6) is -0.304. The number of likely N-dealkylation sites (tertiary alicyclic amines) is 1. The van der Waals surface area contributed by atoms with Gasteiger partial charge in [0.2, 0.25) is 11.8 Å². The van der Waals surface area contributed by atoms with Gasteiger partial charge in [0, 0.05) is 25.7 Å². The zero-order chi connectivity index (χ0) is 24.2. The average molecular weight is 468 g/mol. The van der Waals surface area contributed by atoms with E-state index in [0.717, 1.165) is 17.6 Å². The van der Waals surface area contributed by atoms with Crippen LogP contribution >= 0.6 is 0 Å². The molecular weight excluding hydrogens is 432 g/mol. The molecule has 9 nitrogen and oxygen atoms in total. The topological polar surface area (TPSA) is 147 Å². The molecule has 34 heavy (non-hydrogen) atoms. The van der Waals surface area contributed by atoms with E-state index in [2.05, 4.69) is 5.32 Å². The van der Waals surface area contributed by atoms with Crippen LogP contribution in [0.5, 0.6) is 0 Å². The highest BCUT2D eigenvalue weighted by Crippen LogP contribution is 2.40. The Hall–Kier alpha value is -2.91. The number of hydrogen-bond acceptors (Lipinski definition) is 4. The number of carbonyl (C=O) groups excluding carboxylic acids is 2. The Balaban J connectivity index is 1.40. The van der Waals surface area contributed by atoms with E-state index in [9.17, 15) is 14.7 Å². The minimum atomic E-state index is -0.989. The van der Waals surface area contributed by atoms with Crippen molar-refractivity contribution in [1.82, 2.24) is 15.1 Å². The maximum atomic E-state index is 13.4. The van der Waals surface area contributed by atoms with Crippen LogP contribution < -0.4 is 11.1 Å². The summed E-state index contributed by atoms with van der Waals surface area (Å²) in [7, 11) is 0. The van der Waals surface area contributed by atoms with E-state index >= 15 is 0 Å². The number of fused-ring (bicyclic) bond motifs is 1. The van der Waals surface area contributed by atoms with Crippen molar-refractivity contribution in [3.8, 4) is 0 Å². The van der Waals surface area contributed by atoms with E-state index in [0.29, 0.717) is 51.7 Å². The van der Waals surface area contributed by atoms with E-state index in [1.807, 2.05) is 36.4 Å². The van der Waals surface area contributed by atoms with E-state index < -0.39 is 18.2 Å². The molecule has 1 saturated carbocycles. The maximum absolute atomic E-state index is 13.4. The SMILES string of the molecule is N=C(N)N1CC=C(CCNC(=O)C2CC3CCC(O)CC3N2C(=O)C([NH-])Cc2ccccc2)C1. The van der Waals surface area contributed by atoms with Gasteiger partial charge in [-0.25, -0.2) is 0 Å². The first-order valence-corrected chi connectivity index (χ1v) is 12.1. The summed E-state index contributed by atoms with van der Waals surface area (Å²) in [4.78, 5) is 30.0. The normalized spacial score (nSPS) is 27.2. The summed E-state index contributed by atoms with van der Waals surface area (Å²) in [5, 5.41) is 20.8. The fourth-order valence-electron chi connectivity index (χ4n) is 5.54. The molecule has 1 aromatic carbocycles. The second-order valence-electron chi connectivity index (χ2n) is 9.70. The quantitative estimate of drug-likeness (QED) is 0.272. The minimum absolute atomic E-state index is 0.0423. The highest BCUT2D eigenvalue weighted by Gasteiger charge is 2.48. The van der Waals surface area contributed by atoms with Gasteiger partial charge in [0.15, 0.2) is 5.96 Å². The molecule has 2 heterocycles. The maximum Gasteiger partial charge on any atom is 0.242 e. The number of nitrogens with two attached hydrogens (primary N) is 1. The molecule has 0 radical (unpaired) electrons. The molecule has 5 atom stereocenters. The number of amides is 2. The number of nitrogens with one attached hydrogen (secondary N) is 3. The van der Waals surface area contributed by atoms with Crippen LogP contribution in [0, 0.1) is 11.3 Å². The van der Waals surface area contributed by atoms with E-state index in [4.69, 9.17) is 16.9 Å². The average Bonchev–Trinajstić information content (AvgIpc) is 3.44. The van der Waals surface area contributed by atoms with E-state index in [-0.39, 0.29) is 29.7 Å². The largest absolute Gasteiger partial charge is 0.667 e. The molecule has 0 aromatic heterocycles. The molecule has 2 aliphatic heterocycles. The Labute approximate surface area is 200 Å². The molecule has 184 valence electrons. The van der Waals surface area contributed by atoms with Gasteiger partial charge in [-0.3, -0.25) is 15.0 Å². The number of hydrogen-bond donors (Lipinski definition) is 4. The van der Waals surface area contributed by atoms with Crippen LogP contribution in [0.15, 0.2) is 42.0 Å². The molecule has 4 rings (SSSR count). The minimum Gasteiger partial charge on any atom is -0.667 e. The molecule has 0 spiro atoms. The molecule has 3 aliphatic rings. The molecule has 2 amide bonds. The third-order valence-electron chi connectivity index (χ3n) is 7.37. The number of carbonyl (C=O) groups is 2. The smallest absolute Gasteiger partial charge is 0.242 e. The Morgan fingerprint density at radius 1 is 1.24 bits per heavy atom. The van der Waals surface area contributed by atoms with Crippen LogP contribution in [0.2, 0.25) is 0 Å². The van der Waals surface area contributed by atoms with E-state index in [1.54, 1.807) is 9.80 Å². The first-order valence-electron chi connectivity index (χ1n) is 12.1. The van der Waals surface area contributed by atoms with Crippen molar-refractivity contribution in [1.29, 1.82) is 5.41 Å². The summed E-state index contributed by atoms with van der Waals surface area (Å²) in [6.45, 7) is 1.66. The fourth-order valence-corrected chi connectivity index (χ4v) is 5.54. The first-order chi connectivity index (χ1) is 16.3. The third kappa shape index (κ3) is 5.42. The lowest BCUT2D eigenvalue weighted by Crippen LogP contribution is -2.53. The fraction of sp³-hybridized carbons (Fsp3) is 0.560. The standard InChI is InChI=1S/C25H35N6O3/c26-20(12-16-4-2-1-3-5-16)24(34)31-21-14-19(32)7-6-18(21)13-22(31)23(33)29-10-8-17-9-11-30(15-17)25(27)28/h1-5,9,18-22,26,32H,6-8,10-15H2,(H3,27,28)(H,29,33)/q-1. The predicted octanol–water partition coefficient (Wildman–Crippen LogP) is 1.42. The number of aliphatic hydroxyl groups is 1. The Morgan fingerprint density at radius 2 is 2.00 bits per heavy atom. The van der Waals surface area contributed by atoms with Crippen molar-refractivity contribution in [2.24, 2.45) is 11.7 Å². The molecule has 9 heteroatoms. The molecule has 2 fully saturated rings. The van der Waals surface area contributed by atoms with Gasteiger partial charge in [0.1, 0.15) is 6.04 Å². The Morgan fingerprint density at radius 3 is 2.71 bits per heavy atom. The first kappa shape index (κ1) is 24.2. The van der Waals surface area contributed by atoms with Gasteiger partial charge < -0.3 is 31.7 Å². The van der Waals surface area contributed by atoms with Crippen molar-refractivity contribution in [2.75, 3.05) is 19.6 Å². The van der Waals surface area contributed by atoms with Crippen molar-refractivity contribution >= 4 is 17.8 Å². The van der Waals surface area contributed by atoms with Gasteiger partial charge in [-0.15, -0.1) is 0 Å². The van der Waals surface area contributed by atoms with Crippen molar-refractivity contribution < 1.29 is 14.7 Å². The number of nitrogens with zero attached hydrogens (tertiary/aromatic N) is 2. The number of rotatable bonds is 7. The second kappa shape index (κ2) is 10.6. The highest BCUT2D eigenvalue weighted by molar-refractivity contribution is 5.91. The molecular formula is C25H35N6O3-. The Kier molecular flexibility index (Phi) is 7.53. The van der Waals surface area contributed by atoms with Gasteiger partial charge >= 0.3 is 0 Å². The van der Waals surface area contributed by atoms with Crippen LogP contribution in [0.4, 0.5) is 0 Å². The molecule has 0 bridgehead atoms. The third-order valence-corrected chi connectivity index (χ3v) is 7.37. The summed E-state index contributed by atoms with van der Waals surface area (Å²) in [6.07, 6.45) is 5.03. The second-order valence-corrected chi connectivity index (χ2v) is 9.70. The van der Waals surface area contributed by atoms with Crippen LogP contribution in [0.1, 0.15) is 37.7 Å². The van der Waals surface area contributed by atoms with Crippen molar-refractivity contribution in [3.05, 3.63) is 53.3 Å². The van der Waals surface area contributed by atoms with Crippen LogP contribution in [0.25, 0.3) is 5.73 Å². The van der Waals surface area contributed by atoms with Crippen molar-refractivity contribution in [3.63, 3.8) is 0 Å². The summed E-state index contributed by atoms with van der Waals surface area (Å²) in [6, 6.07) is 7.70. The van der Waals surface area contributed by atoms with E-state index in [1.165, 1.54) is 0 Å². The molecule has 6 N–H and O–H groups in total. The number of aliphatic hydroxyl groups excluding tert-OH is 1. The van der Waals surface area contributed by atoms with Gasteiger partial charge in [0.05, 0.1) is 6.10 Å². The van der Waals surface area contributed by atoms with Crippen LogP contribution in [-0.4, -0.2) is 76.5 Å². The monoisotopic (exact) mass is 467 g/mol. The number of benzene rings is 1. The lowest BCUT2D eigenvalue weighted by atomic mass is 9.83. The predicted molar refractivity (Wildman–Crippen MR) is 130 cm³/mol. The zero-order valence-corrected chi connectivity index (χ0v) is 19.5. The summed E-state index contributed by atoms with van der Waals surface area (Å²) >= 11 is 0. The van der Waals surface area contributed by atoms with Gasteiger partial charge in [-0.05, 0) is 50.0 Å². The summed E-state index contributed by atoms with van der Waals surface area (Å²) in [5.41, 5.74) is 16.1. The van der Waals surface area contributed by atoms with Gasteiger partial charge in [0.25, 0.3) is 0 Å². The highest BCUT2D eigenvalue weighted by atomic mass is 16.3. The molecule has 1 saturated heterocycles. The molecule has 5 unspecified atom stereocenters. The lowest BCUT2D eigenvalue weighted by Gasteiger charge is -2.38. The Bertz CT molecular complexity index is 936. The van der Waals surface area contributed by atoms with Crippen LogP contribution in [-0.2, 0) is 16.0 Å². The van der Waals surface area contributed by atoms with Crippen molar-refractivity contribution in [2.45, 2.75) is 62.8 Å². The van der Waals surface area contributed by atoms with Crippen LogP contribution in [0.3, 0.4) is 0 Å². The van der Waals surface area contributed by atoms with Gasteiger partial charge in [-0.2, -0.15) is 0 Å². The van der Waals surface area contributed by atoms with Gasteiger partial charge in [-0.1, -0.05) is 48.0 Å². The summed E-state index contributed by atoms with van der Waals surface area (Å²) < 4.78 is 0. The molecule has 1 aromatic rings. The lowest BCUT2D eigenvalue weighted by molar-refractivity contribution is -0.141. The number of guanidine groups is 1. The molecule has 1 aliphatic carbocycles. The zero-order valence-electron chi connectivity index (χ0n) is 19.5.